The first kappa shape index (κ1) is 17.0. The predicted octanol–water partition coefficient (Wildman–Crippen LogP) is 4.18. The first-order valence-corrected chi connectivity index (χ1v) is 7.74. The molecule has 2 aromatic rings. The van der Waals surface area contributed by atoms with Crippen molar-refractivity contribution in [3.63, 3.8) is 0 Å². The molecule has 0 unspecified atom stereocenters. The molecule has 0 radical (unpaired) electrons. The Kier molecular flexibility index (Phi) is 5.77. The first-order chi connectivity index (χ1) is 10.9. The second-order valence-electron chi connectivity index (χ2n) is 5.41. The maximum Gasteiger partial charge on any atom is 0.224 e. The van der Waals surface area contributed by atoms with Gasteiger partial charge in [-0.3, -0.25) is 9.59 Å². The molecule has 0 fully saturated rings. The van der Waals surface area contributed by atoms with Gasteiger partial charge in [-0.05, 0) is 37.1 Å². The van der Waals surface area contributed by atoms with Gasteiger partial charge in [0.2, 0.25) is 11.8 Å². The lowest BCUT2D eigenvalue weighted by atomic mass is 10.1. The van der Waals surface area contributed by atoms with Crippen LogP contribution in [0.1, 0.15) is 24.5 Å². The third-order valence-electron chi connectivity index (χ3n) is 3.29. The topological polar surface area (TPSA) is 58.2 Å². The number of benzene rings is 2. The highest BCUT2D eigenvalue weighted by molar-refractivity contribution is 6.34. The van der Waals surface area contributed by atoms with Crippen LogP contribution in [0.4, 0.5) is 11.4 Å². The van der Waals surface area contributed by atoms with Crippen LogP contribution in [0.15, 0.2) is 42.5 Å². The second-order valence-corrected chi connectivity index (χ2v) is 5.82. The Morgan fingerprint density at radius 2 is 1.87 bits per heavy atom. The molecule has 0 saturated heterocycles. The van der Waals surface area contributed by atoms with Crippen molar-refractivity contribution in [2.24, 2.45) is 0 Å². The maximum absolute atomic E-state index is 12.0. The number of carbonyl (C=O) groups is 2. The van der Waals surface area contributed by atoms with Gasteiger partial charge in [0.05, 0.1) is 10.7 Å². The fraction of sp³-hybridized carbons (Fsp3) is 0.222. The Morgan fingerprint density at radius 3 is 2.52 bits per heavy atom. The van der Waals surface area contributed by atoms with E-state index in [0.29, 0.717) is 29.2 Å². The smallest absolute Gasteiger partial charge is 0.224 e. The van der Waals surface area contributed by atoms with E-state index in [9.17, 15) is 9.59 Å². The highest BCUT2D eigenvalue weighted by Gasteiger charge is 2.07. The zero-order chi connectivity index (χ0) is 16.8. The zero-order valence-corrected chi connectivity index (χ0v) is 13.9. The van der Waals surface area contributed by atoms with Gasteiger partial charge in [0.1, 0.15) is 0 Å². The molecule has 0 atom stereocenters. The van der Waals surface area contributed by atoms with E-state index >= 15 is 0 Å². The standard InChI is InChI=1S/C18H19ClN2O2/c1-12-4-3-5-14(10-12)6-9-18(23)21-15-7-8-17(16(19)11-15)20-13(2)22/h3-5,7-8,10-11H,6,9H2,1-2H3,(H,20,22)(H,21,23). The van der Waals surface area contributed by atoms with Crippen molar-refractivity contribution in [3.8, 4) is 0 Å². The SMILES string of the molecule is CC(=O)Nc1ccc(NC(=O)CCc2cccc(C)c2)cc1Cl. The van der Waals surface area contributed by atoms with Crippen LogP contribution in [-0.2, 0) is 16.0 Å². The highest BCUT2D eigenvalue weighted by atomic mass is 35.5. The molecule has 2 rings (SSSR count). The first-order valence-electron chi connectivity index (χ1n) is 7.36. The largest absolute Gasteiger partial charge is 0.326 e. The molecular formula is C18H19ClN2O2. The molecule has 2 aromatic carbocycles. The van der Waals surface area contributed by atoms with E-state index in [1.807, 2.05) is 25.1 Å². The zero-order valence-electron chi connectivity index (χ0n) is 13.2. The molecule has 0 bridgehead atoms. The third-order valence-corrected chi connectivity index (χ3v) is 3.60. The lowest BCUT2D eigenvalue weighted by molar-refractivity contribution is -0.116. The molecular weight excluding hydrogens is 312 g/mol. The summed E-state index contributed by atoms with van der Waals surface area (Å²) in [6.07, 6.45) is 1.08. The lowest BCUT2D eigenvalue weighted by Gasteiger charge is -2.09. The maximum atomic E-state index is 12.0. The minimum atomic E-state index is -0.193. The fourth-order valence-corrected chi connectivity index (χ4v) is 2.46. The van der Waals surface area contributed by atoms with Crippen molar-refractivity contribution in [3.05, 3.63) is 58.6 Å². The average Bonchev–Trinajstić information content (AvgIpc) is 2.48. The van der Waals surface area contributed by atoms with Crippen molar-refractivity contribution in [1.29, 1.82) is 0 Å². The average molecular weight is 331 g/mol. The van der Waals surface area contributed by atoms with Crippen LogP contribution in [0.5, 0.6) is 0 Å². The molecule has 0 aliphatic rings. The van der Waals surface area contributed by atoms with Gasteiger partial charge in [-0.2, -0.15) is 0 Å². The molecule has 0 aromatic heterocycles. The Balaban J connectivity index is 1.92. The number of rotatable bonds is 5. The van der Waals surface area contributed by atoms with Crippen molar-refractivity contribution in [2.75, 3.05) is 10.6 Å². The van der Waals surface area contributed by atoms with E-state index in [4.69, 9.17) is 11.6 Å². The summed E-state index contributed by atoms with van der Waals surface area (Å²) >= 11 is 6.08. The highest BCUT2D eigenvalue weighted by Crippen LogP contribution is 2.25. The lowest BCUT2D eigenvalue weighted by Crippen LogP contribution is -2.12. The van der Waals surface area contributed by atoms with Crippen LogP contribution in [0, 0.1) is 6.92 Å². The van der Waals surface area contributed by atoms with Gasteiger partial charge >= 0.3 is 0 Å². The van der Waals surface area contributed by atoms with Crippen LogP contribution in [0.2, 0.25) is 5.02 Å². The van der Waals surface area contributed by atoms with E-state index in [1.54, 1.807) is 18.2 Å². The van der Waals surface area contributed by atoms with E-state index in [-0.39, 0.29) is 11.8 Å². The Morgan fingerprint density at radius 1 is 1.09 bits per heavy atom. The molecule has 0 heterocycles. The van der Waals surface area contributed by atoms with Crippen molar-refractivity contribution < 1.29 is 9.59 Å². The van der Waals surface area contributed by atoms with E-state index < -0.39 is 0 Å². The number of anilines is 2. The van der Waals surface area contributed by atoms with Crippen molar-refractivity contribution in [2.45, 2.75) is 26.7 Å². The van der Waals surface area contributed by atoms with Crippen LogP contribution in [0.3, 0.4) is 0 Å². The van der Waals surface area contributed by atoms with Gasteiger partial charge in [0.15, 0.2) is 0 Å². The van der Waals surface area contributed by atoms with Crippen LogP contribution in [-0.4, -0.2) is 11.8 Å². The summed E-state index contributed by atoms with van der Waals surface area (Å²) < 4.78 is 0. The number of halogens is 1. The number of amides is 2. The van der Waals surface area contributed by atoms with Crippen LogP contribution >= 0.6 is 11.6 Å². The second kappa shape index (κ2) is 7.79. The predicted molar refractivity (Wildman–Crippen MR) is 93.9 cm³/mol. The van der Waals surface area contributed by atoms with Gasteiger partial charge in [0.25, 0.3) is 0 Å². The quantitative estimate of drug-likeness (QED) is 0.864. The van der Waals surface area contributed by atoms with Gasteiger partial charge < -0.3 is 10.6 Å². The minimum Gasteiger partial charge on any atom is -0.326 e. The third kappa shape index (κ3) is 5.42. The Bertz CT molecular complexity index is 729. The van der Waals surface area contributed by atoms with E-state index in [0.717, 1.165) is 5.56 Å². The molecule has 0 saturated carbocycles. The number of carbonyl (C=O) groups excluding carboxylic acids is 2. The summed E-state index contributed by atoms with van der Waals surface area (Å²) in [7, 11) is 0. The molecule has 2 N–H and O–H groups in total. The Labute approximate surface area is 140 Å². The van der Waals surface area contributed by atoms with E-state index in [2.05, 4.69) is 16.7 Å². The summed E-state index contributed by atoms with van der Waals surface area (Å²) in [6, 6.07) is 13.1. The fourth-order valence-electron chi connectivity index (χ4n) is 2.23. The monoisotopic (exact) mass is 330 g/mol. The summed E-state index contributed by atoms with van der Waals surface area (Å²) in [5, 5.41) is 5.82. The number of hydrogen-bond acceptors (Lipinski definition) is 2. The molecule has 0 spiro atoms. The summed E-state index contributed by atoms with van der Waals surface area (Å²) in [4.78, 5) is 23.1. The summed E-state index contributed by atoms with van der Waals surface area (Å²) in [6.45, 7) is 3.44. The number of nitrogens with one attached hydrogen (secondary N) is 2. The van der Waals surface area contributed by atoms with Crippen LogP contribution in [0.25, 0.3) is 0 Å². The molecule has 4 nitrogen and oxygen atoms in total. The van der Waals surface area contributed by atoms with E-state index in [1.165, 1.54) is 12.5 Å². The van der Waals surface area contributed by atoms with Gasteiger partial charge in [-0.1, -0.05) is 41.4 Å². The molecule has 0 aliphatic carbocycles. The minimum absolute atomic E-state index is 0.0742. The molecule has 120 valence electrons. The molecule has 23 heavy (non-hydrogen) atoms. The van der Waals surface area contributed by atoms with Crippen LogP contribution < -0.4 is 10.6 Å². The Hall–Kier alpha value is -2.33. The number of hydrogen-bond donors (Lipinski definition) is 2. The van der Waals surface area contributed by atoms with Gasteiger partial charge in [0, 0.05) is 19.0 Å². The normalized spacial score (nSPS) is 10.2. The molecule has 0 aliphatic heterocycles. The van der Waals surface area contributed by atoms with Crippen molar-refractivity contribution >= 4 is 34.8 Å². The van der Waals surface area contributed by atoms with Crippen molar-refractivity contribution in [1.82, 2.24) is 0 Å². The molecule has 2 amide bonds. The summed E-state index contributed by atoms with van der Waals surface area (Å²) in [5.41, 5.74) is 3.46. The number of aryl methyl sites for hydroxylation is 2. The van der Waals surface area contributed by atoms with Gasteiger partial charge in [-0.25, -0.2) is 0 Å². The summed E-state index contributed by atoms with van der Waals surface area (Å²) in [5.74, 6) is -0.267. The van der Waals surface area contributed by atoms with Gasteiger partial charge in [-0.15, -0.1) is 0 Å². The molecule has 5 heteroatoms.